The highest BCUT2D eigenvalue weighted by molar-refractivity contribution is 5.81. The second kappa shape index (κ2) is 16.0. The highest BCUT2D eigenvalue weighted by atomic mass is 16.5. The Kier molecular flexibility index (Phi) is 15.5. The molecule has 0 aliphatic rings. The first-order valence-corrected chi connectivity index (χ1v) is 9.65. The van der Waals surface area contributed by atoms with Crippen LogP contribution in [0.15, 0.2) is 12.7 Å². The Morgan fingerprint density at radius 2 is 1.48 bits per heavy atom. The van der Waals surface area contributed by atoms with Crippen LogP contribution in [0, 0.1) is 0 Å². The van der Waals surface area contributed by atoms with Crippen LogP contribution >= 0.6 is 0 Å². The van der Waals surface area contributed by atoms with Gasteiger partial charge in [0.15, 0.2) is 0 Å². The Morgan fingerprint density at radius 3 is 1.96 bits per heavy atom. The van der Waals surface area contributed by atoms with Crippen LogP contribution in [-0.2, 0) is 9.53 Å². The first kappa shape index (κ1) is 22.2. The van der Waals surface area contributed by atoms with Gasteiger partial charge in [0.1, 0.15) is 6.61 Å². The highest BCUT2D eigenvalue weighted by Crippen LogP contribution is 2.11. The van der Waals surface area contributed by atoms with Gasteiger partial charge < -0.3 is 4.74 Å². The monoisotopic (exact) mass is 325 g/mol. The zero-order chi connectivity index (χ0) is 17.3. The fourth-order valence-electron chi connectivity index (χ4n) is 2.75. The molecule has 0 radical (unpaired) electrons. The summed E-state index contributed by atoms with van der Waals surface area (Å²) in [5.74, 6) is -0.326. The predicted octanol–water partition coefficient (Wildman–Crippen LogP) is 5.35. The minimum absolute atomic E-state index is 0.326. The Balaban J connectivity index is 3.53. The number of nitrogens with zero attached hydrogens (tertiary/aromatic N) is 1. The maximum atomic E-state index is 11.0. The molecule has 0 saturated carbocycles. The Hall–Kier alpha value is -0.830. The third kappa shape index (κ3) is 14.5. The molecule has 0 saturated heterocycles. The number of carbonyl (C=O) groups excluding carboxylic acids is 1. The fraction of sp³-hybridized carbons (Fsp3) is 0.850. The van der Waals surface area contributed by atoms with Crippen molar-refractivity contribution in [3.8, 4) is 0 Å². The summed E-state index contributed by atoms with van der Waals surface area (Å²) in [5.41, 5.74) is 0. The van der Waals surface area contributed by atoms with E-state index in [0.717, 1.165) is 13.1 Å². The molecule has 136 valence electrons. The van der Waals surface area contributed by atoms with E-state index in [2.05, 4.69) is 32.3 Å². The standard InChI is InChI=1S/C20H39NO2/c1-5-7-8-9-10-11-12-13-14-15-16-21(19(3)4)17-18-23-20(22)6-2/h6,19H,2,5,7-18H2,1,3-4H3. The number of ether oxygens (including phenoxy) is 1. The molecule has 0 aliphatic carbocycles. The van der Waals surface area contributed by atoms with Crippen molar-refractivity contribution in [2.45, 2.75) is 91.0 Å². The SMILES string of the molecule is C=CC(=O)OCCN(CCCCCCCCCCCC)C(C)C. The van der Waals surface area contributed by atoms with Crippen molar-refractivity contribution in [3.05, 3.63) is 12.7 Å². The predicted molar refractivity (Wildman–Crippen MR) is 99.7 cm³/mol. The van der Waals surface area contributed by atoms with Crippen molar-refractivity contribution in [1.82, 2.24) is 4.90 Å². The molecular formula is C20H39NO2. The van der Waals surface area contributed by atoms with Crippen LogP contribution in [0.5, 0.6) is 0 Å². The van der Waals surface area contributed by atoms with E-state index in [9.17, 15) is 4.79 Å². The van der Waals surface area contributed by atoms with Crippen LogP contribution in [0.3, 0.4) is 0 Å². The van der Waals surface area contributed by atoms with E-state index in [1.54, 1.807) is 0 Å². The summed E-state index contributed by atoms with van der Waals surface area (Å²) in [6.45, 7) is 12.4. The lowest BCUT2D eigenvalue weighted by molar-refractivity contribution is -0.138. The average Bonchev–Trinajstić information content (AvgIpc) is 2.54. The zero-order valence-electron chi connectivity index (χ0n) is 15.8. The largest absolute Gasteiger partial charge is 0.461 e. The molecule has 0 bridgehead atoms. The summed E-state index contributed by atoms with van der Waals surface area (Å²) in [6, 6.07) is 0.496. The maximum absolute atomic E-state index is 11.0. The van der Waals surface area contributed by atoms with Gasteiger partial charge >= 0.3 is 5.97 Å². The van der Waals surface area contributed by atoms with Gasteiger partial charge in [-0.25, -0.2) is 4.79 Å². The number of rotatable bonds is 16. The molecule has 0 spiro atoms. The summed E-state index contributed by atoms with van der Waals surface area (Å²) in [7, 11) is 0. The van der Waals surface area contributed by atoms with Crippen molar-refractivity contribution in [3.63, 3.8) is 0 Å². The maximum Gasteiger partial charge on any atom is 0.330 e. The topological polar surface area (TPSA) is 29.5 Å². The molecule has 0 fully saturated rings. The zero-order valence-corrected chi connectivity index (χ0v) is 15.8. The number of hydrogen-bond donors (Lipinski definition) is 0. The molecular weight excluding hydrogens is 286 g/mol. The van der Waals surface area contributed by atoms with Crippen molar-refractivity contribution in [2.24, 2.45) is 0 Å². The van der Waals surface area contributed by atoms with Gasteiger partial charge in [-0.3, -0.25) is 4.90 Å². The van der Waals surface area contributed by atoms with Crippen LogP contribution in [0.2, 0.25) is 0 Å². The average molecular weight is 326 g/mol. The lowest BCUT2D eigenvalue weighted by Crippen LogP contribution is -2.35. The second-order valence-electron chi connectivity index (χ2n) is 6.68. The second-order valence-corrected chi connectivity index (χ2v) is 6.68. The van der Waals surface area contributed by atoms with Crippen molar-refractivity contribution >= 4 is 5.97 Å². The van der Waals surface area contributed by atoms with Crippen LogP contribution < -0.4 is 0 Å². The molecule has 3 nitrogen and oxygen atoms in total. The summed E-state index contributed by atoms with van der Waals surface area (Å²) in [6.07, 6.45) is 14.9. The van der Waals surface area contributed by atoms with Crippen LogP contribution in [-0.4, -0.2) is 36.6 Å². The number of carbonyl (C=O) groups is 1. The third-order valence-electron chi connectivity index (χ3n) is 4.32. The molecule has 0 atom stereocenters. The van der Waals surface area contributed by atoms with Gasteiger partial charge in [-0.2, -0.15) is 0 Å². The Labute approximate surface area is 144 Å². The van der Waals surface area contributed by atoms with Crippen molar-refractivity contribution < 1.29 is 9.53 Å². The highest BCUT2D eigenvalue weighted by Gasteiger charge is 2.09. The molecule has 3 heteroatoms. The van der Waals surface area contributed by atoms with Gasteiger partial charge in [-0.05, 0) is 26.8 Å². The Morgan fingerprint density at radius 1 is 0.957 bits per heavy atom. The minimum atomic E-state index is -0.326. The van der Waals surface area contributed by atoms with E-state index in [4.69, 9.17) is 4.74 Å². The van der Waals surface area contributed by atoms with Crippen LogP contribution in [0.1, 0.15) is 85.0 Å². The fourth-order valence-corrected chi connectivity index (χ4v) is 2.75. The van der Waals surface area contributed by atoms with E-state index in [0.29, 0.717) is 12.6 Å². The van der Waals surface area contributed by atoms with Crippen LogP contribution in [0.25, 0.3) is 0 Å². The van der Waals surface area contributed by atoms with E-state index >= 15 is 0 Å². The van der Waals surface area contributed by atoms with Crippen molar-refractivity contribution in [1.29, 1.82) is 0 Å². The normalized spacial score (nSPS) is 11.2. The van der Waals surface area contributed by atoms with E-state index in [-0.39, 0.29) is 5.97 Å². The van der Waals surface area contributed by atoms with Gasteiger partial charge in [0, 0.05) is 18.7 Å². The summed E-state index contributed by atoms with van der Waals surface area (Å²) >= 11 is 0. The molecule has 0 aromatic carbocycles. The summed E-state index contributed by atoms with van der Waals surface area (Å²) < 4.78 is 5.07. The van der Waals surface area contributed by atoms with E-state index in [1.165, 1.54) is 70.3 Å². The quantitative estimate of drug-likeness (QED) is 0.218. The third-order valence-corrected chi connectivity index (χ3v) is 4.32. The summed E-state index contributed by atoms with van der Waals surface area (Å²) in [5, 5.41) is 0. The molecule has 0 amide bonds. The first-order valence-electron chi connectivity index (χ1n) is 9.65. The Bertz CT molecular complexity index is 289. The van der Waals surface area contributed by atoms with E-state index in [1.807, 2.05) is 0 Å². The first-order chi connectivity index (χ1) is 11.1. The van der Waals surface area contributed by atoms with Gasteiger partial charge in [0.05, 0.1) is 0 Å². The van der Waals surface area contributed by atoms with Gasteiger partial charge in [-0.1, -0.05) is 71.3 Å². The molecule has 0 rings (SSSR count). The molecule has 0 heterocycles. The lowest BCUT2D eigenvalue weighted by atomic mass is 10.1. The number of hydrogen-bond acceptors (Lipinski definition) is 3. The summed E-state index contributed by atoms with van der Waals surface area (Å²) in [4.78, 5) is 13.4. The van der Waals surface area contributed by atoms with Crippen molar-refractivity contribution in [2.75, 3.05) is 19.7 Å². The molecule has 0 N–H and O–H groups in total. The molecule has 0 aromatic rings. The van der Waals surface area contributed by atoms with Gasteiger partial charge in [0.25, 0.3) is 0 Å². The minimum Gasteiger partial charge on any atom is -0.461 e. The lowest BCUT2D eigenvalue weighted by Gasteiger charge is -2.26. The number of unbranched alkanes of at least 4 members (excludes halogenated alkanes) is 9. The van der Waals surface area contributed by atoms with E-state index < -0.39 is 0 Å². The van der Waals surface area contributed by atoms with Gasteiger partial charge in [0.2, 0.25) is 0 Å². The molecule has 0 unspecified atom stereocenters. The van der Waals surface area contributed by atoms with Gasteiger partial charge in [-0.15, -0.1) is 0 Å². The molecule has 23 heavy (non-hydrogen) atoms. The smallest absolute Gasteiger partial charge is 0.330 e. The number of esters is 1. The van der Waals surface area contributed by atoms with Crippen LogP contribution in [0.4, 0.5) is 0 Å². The molecule has 0 aromatic heterocycles. The molecule has 0 aliphatic heterocycles.